The van der Waals surface area contributed by atoms with E-state index in [2.05, 4.69) is 64.3 Å². The van der Waals surface area contributed by atoms with E-state index in [1.807, 2.05) is 39.0 Å². The van der Waals surface area contributed by atoms with Gasteiger partial charge in [-0.15, -0.1) is 10.2 Å². The number of nitrogens with one attached hydrogen (secondary N) is 2. The van der Waals surface area contributed by atoms with Gasteiger partial charge < -0.3 is 29.5 Å². The van der Waals surface area contributed by atoms with Gasteiger partial charge in [-0.05, 0) is 161 Å². The van der Waals surface area contributed by atoms with Crippen LogP contribution in [0, 0.1) is 29.1 Å². The zero-order chi connectivity index (χ0) is 44.3. The lowest BCUT2D eigenvalue weighted by atomic mass is 9.79. The molecule has 4 aromatic carbocycles. The van der Waals surface area contributed by atoms with Gasteiger partial charge in [0.1, 0.15) is 35.8 Å². The maximum Gasteiger partial charge on any atom is 0.491 e. The number of carbonyl (C=O) groups is 2. The number of nitrogens with zero attached hydrogens (tertiary/aromatic N) is 8. The van der Waals surface area contributed by atoms with E-state index in [0.717, 1.165) is 20.4 Å². The lowest BCUT2D eigenvalue weighted by molar-refractivity contribution is 0.0927. The summed E-state index contributed by atoms with van der Waals surface area (Å²) in [5.74, 6) is -0.108. The number of benzene rings is 4. The number of aromatic nitrogens is 8. The molecule has 316 valence electrons. The molecule has 8 aromatic rings. The van der Waals surface area contributed by atoms with Crippen LogP contribution in [0.2, 0.25) is 0 Å². The van der Waals surface area contributed by atoms with E-state index in [9.17, 15) is 18.4 Å². The van der Waals surface area contributed by atoms with E-state index in [0.29, 0.717) is 39.5 Å². The van der Waals surface area contributed by atoms with E-state index in [-0.39, 0.29) is 35.2 Å². The first-order valence-corrected chi connectivity index (χ1v) is 19.8. The molecule has 2 amide bonds. The second kappa shape index (κ2) is 20.6. The normalized spacial score (nSPS) is 11.6. The summed E-state index contributed by atoms with van der Waals surface area (Å²) in [5, 5.41) is 45.2. The lowest BCUT2D eigenvalue weighted by Gasteiger charge is -2.14. The van der Waals surface area contributed by atoms with Gasteiger partial charge in [-0.3, -0.25) is 9.59 Å². The van der Waals surface area contributed by atoms with Crippen LogP contribution < -0.4 is 16.1 Å². The summed E-state index contributed by atoms with van der Waals surface area (Å²) in [7, 11) is -1.73. The van der Waals surface area contributed by atoms with Gasteiger partial charge in [0.25, 0.3) is 11.8 Å². The topological polar surface area (TPSA) is 212 Å². The first kappa shape index (κ1) is 44.6. The Labute approximate surface area is 367 Å². The highest BCUT2D eigenvalue weighted by Gasteiger charge is 2.19. The molecule has 2 atom stereocenters. The highest BCUT2D eigenvalue weighted by atomic mass is 127. The van der Waals surface area contributed by atoms with Crippen LogP contribution >= 0.6 is 22.6 Å². The van der Waals surface area contributed by atoms with Gasteiger partial charge >= 0.3 is 7.12 Å². The summed E-state index contributed by atoms with van der Waals surface area (Å²) in [5.41, 5.74) is 4.58. The molecule has 4 N–H and O–H groups in total. The number of aryl methyl sites for hydroxylation is 2. The van der Waals surface area contributed by atoms with Crippen LogP contribution in [0.4, 0.5) is 8.78 Å². The highest BCUT2D eigenvalue weighted by molar-refractivity contribution is 14.1. The average Bonchev–Trinajstić information content (AvgIpc) is 4.10. The van der Waals surface area contributed by atoms with Crippen LogP contribution in [0.1, 0.15) is 69.3 Å². The van der Waals surface area contributed by atoms with Gasteiger partial charge in [0, 0.05) is 25.7 Å². The monoisotopic (exact) mass is 954 g/mol. The number of halogens is 3. The number of hydrogen-bond acceptors (Lipinski definition) is 12. The highest BCUT2D eigenvalue weighted by Crippen LogP contribution is 2.28. The molecule has 0 radical (unpaired) electrons. The molecule has 0 aliphatic carbocycles. The standard InChI is InChI=1S/C21H18FN5O2.C14H12IN5O2.C7H8BFO2/c1-13-5-6-18(19(22)8-13)15-9-16(11-17(10-15)27-12-23-25-26-27)21(28)24-14(2)20-4-3-7-29-20;1-9(13-3-2-4-22-13)17-14(21)10-5-11(15)7-12(6-10)20-8-16-18-19-20;1-5-2-3-6(8(10)11)7(9)4-5/h3-12,14H,1-2H3,(H,24,28);2-9H,1H3,(H,17,21);2-4,10-11H,1H3. The molecule has 0 aliphatic heterocycles. The van der Waals surface area contributed by atoms with Gasteiger partial charge in [0.15, 0.2) is 0 Å². The molecular formula is C42H38BF2IN10O6. The number of rotatable bonds is 10. The molecule has 0 saturated heterocycles. The Morgan fingerprint density at radius 3 is 1.68 bits per heavy atom. The van der Waals surface area contributed by atoms with Gasteiger partial charge in [0.05, 0.1) is 36.0 Å². The second-order valence-corrected chi connectivity index (χ2v) is 15.0. The van der Waals surface area contributed by atoms with Crippen molar-refractivity contribution in [1.82, 2.24) is 51.0 Å². The van der Waals surface area contributed by atoms with E-state index in [1.54, 1.807) is 80.1 Å². The van der Waals surface area contributed by atoms with Gasteiger partial charge in [0.2, 0.25) is 0 Å². The summed E-state index contributed by atoms with van der Waals surface area (Å²) >= 11 is 2.15. The van der Waals surface area contributed by atoms with Crippen LogP contribution in [-0.4, -0.2) is 69.4 Å². The van der Waals surface area contributed by atoms with Crippen molar-refractivity contribution in [1.29, 1.82) is 0 Å². The number of hydrogen-bond donors (Lipinski definition) is 4. The van der Waals surface area contributed by atoms with E-state index < -0.39 is 12.9 Å². The average molecular weight is 955 g/mol. The van der Waals surface area contributed by atoms with Crippen molar-refractivity contribution >= 4 is 47.0 Å². The fourth-order valence-corrected chi connectivity index (χ4v) is 6.55. The number of amides is 2. The van der Waals surface area contributed by atoms with Crippen molar-refractivity contribution in [2.45, 2.75) is 39.8 Å². The Balaban J connectivity index is 0.000000171. The number of carbonyl (C=O) groups excluding carboxylic acids is 2. The second-order valence-electron chi connectivity index (χ2n) is 13.8. The van der Waals surface area contributed by atoms with Crippen LogP contribution in [0.3, 0.4) is 0 Å². The molecule has 2 unspecified atom stereocenters. The first-order valence-electron chi connectivity index (χ1n) is 18.8. The third-order valence-corrected chi connectivity index (χ3v) is 9.68. The Morgan fingerprint density at radius 2 is 1.21 bits per heavy atom. The smallest absolute Gasteiger partial charge is 0.467 e. The Hall–Kier alpha value is -6.91. The van der Waals surface area contributed by atoms with E-state index in [4.69, 9.17) is 18.9 Å². The first-order chi connectivity index (χ1) is 29.7. The SMILES string of the molecule is CC(NC(=O)c1cc(I)cc(-n2cnnn2)c1)c1ccco1.Cc1ccc(-c2cc(C(=O)NC(C)c3ccco3)cc(-n3cnnn3)c2)c(F)c1.Cc1ccc(B(O)O)c(F)c1. The quantitative estimate of drug-likeness (QED) is 0.0915. The summed E-state index contributed by atoms with van der Waals surface area (Å²) in [6, 6.07) is 26.3. The third kappa shape index (κ3) is 11.7. The molecule has 0 spiro atoms. The van der Waals surface area contributed by atoms with Crippen molar-refractivity contribution < 1.29 is 37.3 Å². The summed E-state index contributed by atoms with van der Waals surface area (Å²) in [6.45, 7) is 7.24. The molecule has 0 aliphatic rings. The molecule has 0 saturated carbocycles. The van der Waals surface area contributed by atoms with Crippen molar-refractivity contribution in [2.24, 2.45) is 0 Å². The zero-order valence-corrected chi connectivity index (χ0v) is 35.7. The zero-order valence-electron chi connectivity index (χ0n) is 33.5. The maximum atomic E-state index is 14.6. The molecule has 0 fully saturated rings. The lowest BCUT2D eigenvalue weighted by Crippen LogP contribution is -2.32. The summed E-state index contributed by atoms with van der Waals surface area (Å²) in [6.07, 6.45) is 6.03. The van der Waals surface area contributed by atoms with Gasteiger partial charge in [-0.2, -0.15) is 0 Å². The van der Waals surface area contributed by atoms with E-state index in [1.165, 1.54) is 40.2 Å². The van der Waals surface area contributed by atoms with Crippen molar-refractivity contribution in [3.8, 4) is 22.5 Å². The van der Waals surface area contributed by atoms with Gasteiger partial charge in [-0.1, -0.05) is 24.3 Å². The third-order valence-electron chi connectivity index (χ3n) is 9.06. The molecule has 0 bridgehead atoms. The fraction of sp³-hybridized carbons (Fsp3) is 0.143. The Bertz CT molecular complexity index is 2720. The molecule has 20 heteroatoms. The minimum absolute atomic E-state index is 0.0874. The summed E-state index contributed by atoms with van der Waals surface area (Å²) in [4.78, 5) is 25.3. The van der Waals surface area contributed by atoms with Crippen molar-refractivity contribution in [2.75, 3.05) is 0 Å². The van der Waals surface area contributed by atoms with Crippen LogP contribution in [-0.2, 0) is 0 Å². The largest absolute Gasteiger partial charge is 0.491 e. The molecule has 62 heavy (non-hydrogen) atoms. The van der Waals surface area contributed by atoms with Crippen LogP contribution in [0.15, 0.2) is 131 Å². The maximum absolute atomic E-state index is 14.6. The minimum atomic E-state index is -1.73. The predicted octanol–water partition coefficient (Wildman–Crippen LogP) is 6.03. The molecule has 4 heterocycles. The minimum Gasteiger partial charge on any atom is -0.467 e. The molecule has 16 nitrogen and oxygen atoms in total. The van der Waals surface area contributed by atoms with E-state index >= 15 is 0 Å². The number of furan rings is 2. The van der Waals surface area contributed by atoms with Crippen molar-refractivity contribution in [3.05, 3.63) is 171 Å². The summed E-state index contributed by atoms with van der Waals surface area (Å²) < 4.78 is 41.8. The van der Waals surface area contributed by atoms with Gasteiger partial charge in [-0.25, -0.2) is 18.1 Å². The van der Waals surface area contributed by atoms with Crippen LogP contribution in [0.25, 0.3) is 22.5 Å². The fourth-order valence-electron chi connectivity index (χ4n) is 5.90. The van der Waals surface area contributed by atoms with Crippen LogP contribution in [0.5, 0.6) is 0 Å². The molecule has 8 rings (SSSR count). The number of tetrazole rings is 2. The Kier molecular flexibility index (Phi) is 14.8. The molecule has 4 aromatic heterocycles. The molecular weight excluding hydrogens is 916 g/mol. The predicted molar refractivity (Wildman–Crippen MR) is 231 cm³/mol. The van der Waals surface area contributed by atoms with Crippen molar-refractivity contribution in [3.63, 3.8) is 0 Å². The Morgan fingerprint density at radius 1 is 0.694 bits per heavy atom.